The zero-order valence-corrected chi connectivity index (χ0v) is 17.5. The minimum atomic E-state index is -0.512. The van der Waals surface area contributed by atoms with Crippen molar-refractivity contribution in [1.29, 1.82) is 5.26 Å². The van der Waals surface area contributed by atoms with Crippen LogP contribution in [0.5, 0.6) is 5.75 Å². The molecule has 3 heterocycles. The highest BCUT2D eigenvalue weighted by Gasteiger charge is 2.40. The Balaban J connectivity index is 1.62. The lowest BCUT2D eigenvalue weighted by molar-refractivity contribution is -0.00115. The van der Waals surface area contributed by atoms with E-state index >= 15 is 0 Å². The molecule has 2 aromatic rings. The van der Waals surface area contributed by atoms with E-state index in [9.17, 15) is 4.79 Å². The van der Waals surface area contributed by atoms with Crippen LogP contribution in [-0.2, 0) is 4.74 Å². The van der Waals surface area contributed by atoms with Crippen molar-refractivity contribution >= 4 is 11.7 Å². The van der Waals surface area contributed by atoms with E-state index in [1.165, 1.54) is 0 Å². The fraction of sp³-hybridized carbons (Fsp3) is 0.375. The molecular weight excluding hydrogens is 378 g/mol. The molecule has 1 amide bonds. The molecule has 154 valence electrons. The second-order valence-corrected chi connectivity index (χ2v) is 8.73. The third-order valence-electron chi connectivity index (χ3n) is 5.35. The van der Waals surface area contributed by atoms with Crippen molar-refractivity contribution in [3.63, 3.8) is 0 Å². The summed E-state index contributed by atoms with van der Waals surface area (Å²) in [7, 11) is 0. The molecule has 6 heteroatoms. The van der Waals surface area contributed by atoms with Crippen molar-refractivity contribution in [1.82, 2.24) is 9.88 Å². The Morgan fingerprint density at radius 2 is 1.93 bits per heavy atom. The number of nitrogens with zero attached hydrogens (tertiary/aromatic N) is 3. The zero-order valence-electron chi connectivity index (χ0n) is 17.5. The zero-order chi connectivity index (χ0) is 21.4. The lowest BCUT2D eigenvalue weighted by Gasteiger charge is -2.43. The first kappa shape index (κ1) is 20.0. The van der Waals surface area contributed by atoms with Crippen LogP contribution in [0.3, 0.4) is 0 Å². The van der Waals surface area contributed by atoms with Gasteiger partial charge >= 0.3 is 6.09 Å². The van der Waals surface area contributed by atoms with Crippen molar-refractivity contribution in [3.8, 4) is 11.8 Å². The number of rotatable bonds is 1. The number of nitriles is 1. The van der Waals surface area contributed by atoms with Gasteiger partial charge in [0.25, 0.3) is 0 Å². The Kier molecular flexibility index (Phi) is 4.98. The van der Waals surface area contributed by atoms with Crippen LogP contribution in [0.25, 0.3) is 5.57 Å². The number of hydrogen-bond acceptors (Lipinski definition) is 5. The van der Waals surface area contributed by atoms with Crippen LogP contribution in [-0.4, -0.2) is 40.3 Å². The Morgan fingerprint density at radius 1 is 1.20 bits per heavy atom. The number of carbonyl (C=O) groups excluding carboxylic acids is 1. The first-order valence-corrected chi connectivity index (χ1v) is 10.1. The van der Waals surface area contributed by atoms with Gasteiger partial charge in [-0.05, 0) is 50.6 Å². The molecular formula is C24H25N3O3. The average Bonchev–Trinajstić information content (AvgIpc) is 2.72. The average molecular weight is 403 g/mol. The molecule has 0 saturated carbocycles. The largest absolute Gasteiger partial charge is 0.482 e. The molecule has 4 rings (SSSR count). The van der Waals surface area contributed by atoms with E-state index in [4.69, 9.17) is 14.7 Å². The maximum absolute atomic E-state index is 12.4. The molecule has 6 nitrogen and oxygen atoms in total. The number of hydrogen-bond donors (Lipinski definition) is 0. The monoisotopic (exact) mass is 403 g/mol. The van der Waals surface area contributed by atoms with Crippen LogP contribution in [0.2, 0.25) is 0 Å². The third kappa shape index (κ3) is 4.02. The lowest BCUT2D eigenvalue weighted by Crippen LogP contribution is -2.50. The summed E-state index contributed by atoms with van der Waals surface area (Å²) in [6.45, 7) is 6.74. The van der Waals surface area contributed by atoms with E-state index < -0.39 is 11.2 Å². The van der Waals surface area contributed by atoms with Gasteiger partial charge in [0.05, 0.1) is 0 Å². The number of benzene rings is 1. The minimum Gasteiger partial charge on any atom is -0.482 e. The van der Waals surface area contributed by atoms with Gasteiger partial charge in [-0.1, -0.05) is 18.2 Å². The number of likely N-dealkylation sites (tertiary alicyclic amines) is 1. The van der Waals surface area contributed by atoms with Gasteiger partial charge in [-0.25, -0.2) is 9.78 Å². The van der Waals surface area contributed by atoms with E-state index in [0.29, 0.717) is 31.6 Å². The predicted molar refractivity (Wildman–Crippen MR) is 113 cm³/mol. The van der Waals surface area contributed by atoms with Crippen LogP contribution < -0.4 is 4.74 Å². The van der Waals surface area contributed by atoms with E-state index in [1.54, 1.807) is 17.2 Å². The summed E-state index contributed by atoms with van der Waals surface area (Å²) in [5.74, 6) is 0.824. The molecule has 1 saturated heterocycles. The molecule has 0 atom stereocenters. The molecule has 2 aliphatic rings. The van der Waals surface area contributed by atoms with Crippen molar-refractivity contribution in [2.24, 2.45) is 0 Å². The van der Waals surface area contributed by atoms with Gasteiger partial charge in [0.1, 0.15) is 28.7 Å². The Hall–Kier alpha value is -3.33. The highest BCUT2D eigenvalue weighted by atomic mass is 16.6. The number of fused-ring (bicyclic) bond motifs is 1. The molecule has 30 heavy (non-hydrogen) atoms. The maximum Gasteiger partial charge on any atom is 0.410 e. The summed E-state index contributed by atoms with van der Waals surface area (Å²) in [6, 6.07) is 13.7. The van der Waals surface area contributed by atoms with Gasteiger partial charge in [0, 0.05) is 43.3 Å². The van der Waals surface area contributed by atoms with Gasteiger partial charge < -0.3 is 14.4 Å². The number of carbonyl (C=O) groups is 1. The quantitative estimate of drug-likeness (QED) is 0.698. The van der Waals surface area contributed by atoms with Crippen molar-refractivity contribution in [2.75, 3.05) is 13.1 Å². The van der Waals surface area contributed by atoms with Crippen LogP contribution in [0.15, 0.2) is 48.7 Å². The number of piperidine rings is 1. The predicted octanol–water partition coefficient (Wildman–Crippen LogP) is 4.55. The topological polar surface area (TPSA) is 75.5 Å². The van der Waals surface area contributed by atoms with Gasteiger partial charge in [0.15, 0.2) is 0 Å². The van der Waals surface area contributed by atoms with E-state index in [2.05, 4.69) is 17.1 Å². The SMILES string of the molecule is CC(C)(C)OC(=O)N1CCC2(C=C(c3ccc(C#N)nc3)c3ccccc3O2)CC1. The number of aromatic nitrogens is 1. The second-order valence-electron chi connectivity index (χ2n) is 8.73. The molecule has 0 unspecified atom stereocenters. The minimum absolute atomic E-state index is 0.283. The normalized spacial score (nSPS) is 17.4. The Morgan fingerprint density at radius 3 is 2.57 bits per heavy atom. The molecule has 0 aliphatic carbocycles. The number of pyridine rings is 1. The Labute approximate surface area is 176 Å². The molecule has 0 N–H and O–H groups in total. The third-order valence-corrected chi connectivity index (χ3v) is 5.35. The highest BCUT2D eigenvalue weighted by Crippen LogP contribution is 2.43. The summed E-state index contributed by atoms with van der Waals surface area (Å²) in [5, 5.41) is 9.05. The second kappa shape index (κ2) is 7.49. The molecule has 1 aromatic heterocycles. The van der Waals surface area contributed by atoms with Crippen LogP contribution in [0, 0.1) is 11.3 Å². The summed E-state index contributed by atoms with van der Waals surface area (Å²) in [6.07, 6.45) is 4.96. The summed E-state index contributed by atoms with van der Waals surface area (Å²) in [4.78, 5) is 18.4. The van der Waals surface area contributed by atoms with Gasteiger partial charge in [0.2, 0.25) is 0 Å². The summed E-state index contributed by atoms with van der Waals surface area (Å²) in [5.41, 5.74) is 2.38. The fourth-order valence-electron chi connectivity index (χ4n) is 3.87. The highest BCUT2D eigenvalue weighted by molar-refractivity contribution is 5.84. The number of ether oxygens (including phenoxy) is 2. The van der Waals surface area contributed by atoms with E-state index in [1.807, 2.05) is 51.1 Å². The Bertz CT molecular complexity index is 1020. The molecule has 1 spiro atoms. The smallest absolute Gasteiger partial charge is 0.410 e. The van der Waals surface area contributed by atoms with Crippen molar-refractivity contribution < 1.29 is 14.3 Å². The van der Waals surface area contributed by atoms with Gasteiger partial charge in [-0.3, -0.25) is 0 Å². The molecule has 0 radical (unpaired) electrons. The molecule has 1 aromatic carbocycles. The lowest BCUT2D eigenvalue weighted by atomic mass is 9.83. The van der Waals surface area contributed by atoms with Crippen molar-refractivity contribution in [2.45, 2.75) is 44.8 Å². The summed E-state index contributed by atoms with van der Waals surface area (Å²) >= 11 is 0. The van der Waals surface area contributed by atoms with Gasteiger partial charge in [-0.2, -0.15) is 5.26 Å². The molecule has 2 aliphatic heterocycles. The van der Waals surface area contributed by atoms with Crippen LogP contribution in [0.1, 0.15) is 50.4 Å². The first-order chi connectivity index (χ1) is 14.3. The number of para-hydroxylation sites is 1. The van der Waals surface area contributed by atoms with Gasteiger partial charge in [-0.15, -0.1) is 0 Å². The number of amides is 1. The maximum atomic E-state index is 12.4. The first-order valence-electron chi connectivity index (χ1n) is 10.1. The van der Waals surface area contributed by atoms with E-state index in [-0.39, 0.29) is 6.09 Å². The molecule has 1 fully saturated rings. The van der Waals surface area contributed by atoms with Crippen molar-refractivity contribution in [3.05, 3.63) is 65.5 Å². The van der Waals surface area contributed by atoms with Crippen LogP contribution >= 0.6 is 0 Å². The van der Waals surface area contributed by atoms with E-state index in [0.717, 1.165) is 22.4 Å². The fourth-order valence-corrected chi connectivity index (χ4v) is 3.87. The summed E-state index contributed by atoms with van der Waals surface area (Å²) < 4.78 is 12.0. The standard InChI is InChI=1S/C24H25N3O3/c1-23(2,3)30-22(28)27-12-10-24(11-13-27)14-20(17-8-9-18(15-25)26-16-17)19-6-4-5-7-21(19)29-24/h4-9,14,16H,10-13H2,1-3H3. The molecule has 0 bridgehead atoms. The van der Waals surface area contributed by atoms with Crippen LogP contribution in [0.4, 0.5) is 4.79 Å².